The number of para-hydroxylation sites is 1. The minimum Gasteiger partial charge on any atom is -0.490 e. The molecule has 0 unspecified atom stereocenters. The minimum absolute atomic E-state index is 0.278. The molecular formula is C19H27N5O. The number of piperidine rings is 1. The molecule has 0 atom stereocenters. The van der Waals surface area contributed by atoms with Crippen LogP contribution in [-0.4, -0.2) is 46.4 Å². The van der Waals surface area contributed by atoms with Crippen LogP contribution >= 0.6 is 0 Å². The third-order valence-corrected chi connectivity index (χ3v) is 4.29. The summed E-state index contributed by atoms with van der Waals surface area (Å²) in [5.74, 6) is 1.93. The van der Waals surface area contributed by atoms with Gasteiger partial charge in [-0.1, -0.05) is 18.2 Å². The van der Waals surface area contributed by atoms with Crippen LogP contribution in [0.15, 0.2) is 47.7 Å². The molecule has 134 valence electrons. The van der Waals surface area contributed by atoms with Crippen molar-refractivity contribution in [1.29, 1.82) is 0 Å². The number of hydrogen-bond donors (Lipinski definition) is 1. The Kier molecular flexibility index (Phi) is 5.93. The lowest BCUT2D eigenvalue weighted by Crippen LogP contribution is -2.47. The predicted molar refractivity (Wildman–Crippen MR) is 99.7 cm³/mol. The summed E-state index contributed by atoms with van der Waals surface area (Å²) in [7, 11) is 1.93. The molecule has 1 N–H and O–H groups in total. The number of aliphatic imine (C=N–C) groups is 1. The predicted octanol–water partition coefficient (Wildman–Crippen LogP) is 2.43. The van der Waals surface area contributed by atoms with Crippen LogP contribution in [0.5, 0.6) is 5.75 Å². The quantitative estimate of drug-likeness (QED) is 0.670. The molecule has 1 saturated heterocycles. The summed E-state index contributed by atoms with van der Waals surface area (Å²) in [6.07, 6.45) is 6.16. The SMILES string of the molecule is CCNC(=NCc1cnn(C)c1)N1CCC(Oc2ccccc2)CC1. The van der Waals surface area contributed by atoms with Crippen molar-refractivity contribution in [3.05, 3.63) is 48.3 Å². The van der Waals surface area contributed by atoms with E-state index in [1.165, 1.54) is 0 Å². The van der Waals surface area contributed by atoms with Gasteiger partial charge in [0.05, 0.1) is 12.7 Å². The van der Waals surface area contributed by atoms with Gasteiger partial charge in [0.25, 0.3) is 0 Å². The lowest BCUT2D eigenvalue weighted by Gasteiger charge is -2.34. The molecule has 0 saturated carbocycles. The standard InChI is InChI=1S/C19H27N5O/c1-3-20-19(21-13-16-14-22-23(2)15-16)24-11-9-18(10-12-24)25-17-7-5-4-6-8-17/h4-8,14-15,18H,3,9-13H2,1-2H3,(H,20,21). The van der Waals surface area contributed by atoms with Gasteiger partial charge in [-0.15, -0.1) is 0 Å². The highest BCUT2D eigenvalue weighted by atomic mass is 16.5. The van der Waals surface area contributed by atoms with E-state index in [0.29, 0.717) is 6.54 Å². The summed E-state index contributed by atoms with van der Waals surface area (Å²) in [4.78, 5) is 7.09. The molecule has 0 amide bonds. The number of rotatable bonds is 5. The van der Waals surface area contributed by atoms with E-state index < -0.39 is 0 Å². The molecule has 0 radical (unpaired) electrons. The zero-order valence-electron chi connectivity index (χ0n) is 15.1. The van der Waals surface area contributed by atoms with E-state index in [1.807, 2.05) is 54.5 Å². The third kappa shape index (κ3) is 4.98. The van der Waals surface area contributed by atoms with E-state index in [0.717, 1.165) is 49.7 Å². The number of hydrogen-bond acceptors (Lipinski definition) is 3. The van der Waals surface area contributed by atoms with Crippen molar-refractivity contribution in [3.63, 3.8) is 0 Å². The number of aromatic nitrogens is 2. The van der Waals surface area contributed by atoms with Crippen molar-refractivity contribution in [1.82, 2.24) is 20.0 Å². The van der Waals surface area contributed by atoms with Crippen molar-refractivity contribution < 1.29 is 4.74 Å². The van der Waals surface area contributed by atoms with Gasteiger partial charge in [0, 0.05) is 51.3 Å². The molecule has 2 aromatic rings. The fourth-order valence-electron chi connectivity index (χ4n) is 3.02. The maximum Gasteiger partial charge on any atom is 0.194 e. The molecular weight excluding hydrogens is 314 g/mol. The highest BCUT2D eigenvalue weighted by Gasteiger charge is 2.22. The maximum absolute atomic E-state index is 6.08. The summed E-state index contributed by atoms with van der Waals surface area (Å²) in [5.41, 5.74) is 1.13. The molecule has 0 aliphatic carbocycles. The fourth-order valence-corrected chi connectivity index (χ4v) is 3.02. The van der Waals surface area contributed by atoms with E-state index >= 15 is 0 Å². The Balaban J connectivity index is 1.54. The van der Waals surface area contributed by atoms with Crippen LogP contribution in [0.1, 0.15) is 25.3 Å². The number of benzene rings is 1. The fraction of sp³-hybridized carbons (Fsp3) is 0.474. The third-order valence-electron chi connectivity index (χ3n) is 4.29. The zero-order valence-corrected chi connectivity index (χ0v) is 15.1. The number of guanidine groups is 1. The van der Waals surface area contributed by atoms with E-state index in [9.17, 15) is 0 Å². The first-order chi connectivity index (χ1) is 12.2. The molecule has 1 aromatic heterocycles. The Labute approximate surface area is 149 Å². The van der Waals surface area contributed by atoms with Gasteiger partial charge in [-0.2, -0.15) is 5.10 Å². The topological polar surface area (TPSA) is 54.7 Å². The Hall–Kier alpha value is -2.50. The number of nitrogens with one attached hydrogen (secondary N) is 1. The summed E-state index contributed by atoms with van der Waals surface area (Å²) in [6, 6.07) is 10.1. The van der Waals surface area contributed by atoms with Crippen LogP contribution in [0.3, 0.4) is 0 Å². The van der Waals surface area contributed by atoms with Gasteiger partial charge in [0.15, 0.2) is 5.96 Å². The van der Waals surface area contributed by atoms with Gasteiger partial charge < -0.3 is 15.0 Å². The van der Waals surface area contributed by atoms with E-state index in [1.54, 1.807) is 0 Å². The van der Waals surface area contributed by atoms with Crippen molar-refractivity contribution >= 4 is 5.96 Å². The van der Waals surface area contributed by atoms with Crippen molar-refractivity contribution in [2.45, 2.75) is 32.4 Å². The van der Waals surface area contributed by atoms with Crippen molar-refractivity contribution in [3.8, 4) is 5.75 Å². The van der Waals surface area contributed by atoms with Gasteiger partial charge in [-0.3, -0.25) is 4.68 Å². The highest BCUT2D eigenvalue weighted by Crippen LogP contribution is 2.18. The Morgan fingerprint density at radius 2 is 2.04 bits per heavy atom. The summed E-state index contributed by atoms with van der Waals surface area (Å²) < 4.78 is 7.89. The van der Waals surface area contributed by atoms with Gasteiger partial charge in [-0.25, -0.2) is 4.99 Å². The molecule has 6 heteroatoms. The summed E-state index contributed by atoms with van der Waals surface area (Å²) in [5, 5.41) is 7.60. The molecule has 25 heavy (non-hydrogen) atoms. The van der Waals surface area contributed by atoms with Crippen LogP contribution in [-0.2, 0) is 13.6 Å². The molecule has 1 aromatic carbocycles. The van der Waals surface area contributed by atoms with Crippen LogP contribution in [0, 0.1) is 0 Å². The smallest absolute Gasteiger partial charge is 0.194 e. The second kappa shape index (κ2) is 8.55. The molecule has 0 spiro atoms. The lowest BCUT2D eigenvalue weighted by atomic mass is 10.1. The molecule has 1 aliphatic rings. The largest absolute Gasteiger partial charge is 0.490 e. The van der Waals surface area contributed by atoms with Gasteiger partial charge in [0.1, 0.15) is 11.9 Å². The zero-order chi connectivity index (χ0) is 17.5. The number of aryl methyl sites for hydroxylation is 1. The van der Waals surface area contributed by atoms with Crippen LogP contribution in [0.2, 0.25) is 0 Å². The molecule has 0 bridgehead atoms. The minimum atomic E-state index is 0.278. The summed E-state index contributed by atoms with van der Waals surface area (Å²) >= 11 is 0. The lowest BCUT2D eigenvalue weighted by molar-refractivity contribution is 0.129. The van der Waals surface area contributed by atoms with E-state index in [2.05, 4.69) is 22.2 Å². The Morgan fingerprint density at radius 3 is 2.68 bits per heavy atom. The van der Waals surface area contributed by atoms with E-state index in [4.69, 9.17) is 9.73 Å². The average Bonchev–Trinajstić information content (AvgIpc) is 3.06. The molecule has 2 heterocycles. The molecule has 1 fully saturated rings. The van der Waals surface area contributed by atoms with Gasteiger partial charge in [0.2, 0.25) is 0 Å². The van der Waals surface area contributed by atoms with Gasteiger partial charge >= 0.3 is 0 Å². The first-order valence-electron chi connectivity index (χ1n) is 8.97. The maximum atomic E-state index is 6.08. The van der Waals surface area contributed by atoms with Crippen molar-refractivity contribution in [2.75, 3.05) is 19.6 Å². The molecule has 1 aliphatic heterocycles. The second-order valence-electron chi connectivity index (χ2n) is 6.31. The monoisotopic (exact) mass is 341 g/mol. The highest BCUT2D eigenvalue weighted by molar-refractivity contribution is 5.80. The normalized spacial score (nSPS) is 16.1. The van der Waals surface area contributed by atoms with Crippen LogP contribution in [0.25, 0.3) is 0 Å². The first-order valence-corrected chi connectivity index (χ1v) is 8.97. The second-order valence-corrected chi connectivity index (χ2v) is 6.31. The number of ether oxygens (including phenoxy) is 1. The molecule has 3 rings (SSSR count). The summed E-state index contributed by atoms with van der Waals surface area (Å²) in [6.45, 7) is 5.53. The first kappa shape index (κ1) is 17.3. The Bertz CT molecular complexity index is 674. The average molecular weight is 341 g/mol. The number of nitrogens with zero attached hydrogens (tertiary/aromatic N) is 4. The van der Waals surface area contributed by atoms with Crippen LogP contribution < -0.4 is 10.1 Å². The van der Waals surface area contributed by atoms with Crippen molar-refractivity contribution in [2.24, 2.45) is 12.0 Å². The van der Waals surface area contributed by atoms with Gasteiger partial charge in [-0.05, 0) is 19.1 Å². The van der Waals surface area contributed by atoms with E-state index in [-0.39, 0.29) is 6.10 Å². The molecule has 6 nitrogen and oxygen atoms in total. The Morgan fingerprint density at radius 1 is 1.28 bits per heavy atom. The number of likely N-dealkylation sites (tertiary alicyclic amines) is 1. The van der Waals surface area contributed by atoms with Crippen LogP contribution in [0.4, 0.5) is 0 Å².